The number of hydrogen-bond acceptors (Lipinski definition) is 4. The maximum atomic E-state index is 11.5. The monoisotopic (exact) mass is 371 g/mol. The zero-order valence-corrected chi connectivity index (χ0v) is 18.7. The Balaban J connectivity index is 0. The van der Waals surface area contributed by atoms with Gasteiger partial charge in [0.1, 0.15) is 0 Å². The molecule has 0 N–H and O–H groups in total. The molecule has 0 atom stereocenters. The summed E-state index contributed by atoms with van der Waals surface area (Å²) in [6.07, 6.45) is 13.3. The van der Waals surface area contributed by atoms with Gasteiger partial charge < -0.3 is 9.50 Å². The van der Waals surface area contributed by atoms with Crippen LogP contribution in [0.5, 0.6) is 0 Å². The third kappa shape index (κ3) is 18.7. The van der Waals surface area contributed by atoms with Crippen LogP contribution in [0.3, 0.4) is 0 Å². The molecule has 0 aromatic heterocycles. The van der Waals surface area contributed by atoms with E-state index in [2.05, 4.69) is 16.4 Å². The Labute approximate surface area is 171 Å². The zero-order chi connectivity index (χ0) is 17.4. The first-order chi connectivity index (χ1) is 11.0. The summed E-state index contributed by atoms with van der Waals surface area (Å²) in [6.45, 7) is 2.39. The molecule has 0 saturated carbocycles. The Kier molecular flexibility index (Phi) is 20.2. The van der Waals surface area contributed by atoms with Crippen molar-refractivity contribution < 1.29 is 47.0 Å². The number of unbranched alkanes of at least 4 members (excludes halogenated alkanes) is 10. The van der Waals surface area contributed by atoms with Crippen LogP contribution in [-0.2, 0) is 19.1 Å². The molecule has 0 bridgehead atoms. The first-order valence-electron chi connectivity index (χ1n) is 9.02. The summed E-state index contributed by atoms with van der Waals surface area (Å²) in [5.41, 5.74) is 0. The third-order valence-electron chi connectivity index (χ3n) is 3.77. The van der Waals surface area contributed by atoms with Gasteiger partial charge in [-0.15, -0.1) is 6.54 Å². The molecular weight excluding hydrogens is 337 g/mol. The van der Waals surface area contributed by atoms with Gasteiger partial charge in [0.05, 0.1) is 5.75 Å². The van der Waals surface area contributed by atoms with Gasteiger partial charge in [0, 0.05) is 6.42 Å². The Morgan fingerprint density at radius 3 is 1.79 bits per heavy atom. The van der Waals surface area contributed by atoms with E-state index in [1.165, 1.54) is 58.4 Å². The SMILES string of the molecule is CCCCCCCCCCCCCC(=O)OS(=O)(=O)CC[N-]C.[Na+]. The summed E-state index contributed by atoms with van der Waals surface area (Å²) in [6, 6.07) is 0. The van der Waals surface area contributed by atoms with Gasteiger partial charge >= 0.3 is 45.6 Å². The summed E-state index contributed by atoms with van der Waals surface area (Å²) < 4.78 is 27.3. The smallest absolute Gasteiger partial charge is 0.664 e. The number of carbonyl (C=O) groups excluding carboxylic acids is 1. The average Bonchev–Trinajstić information content (AvgIpc) is 2.50. The number of carbonyl (C=O) groups is 1. The summed E-state index contributed by atoms with van der Waals surface area (Å²) in [4.78, 5) is 11.5. The fourth-order valence-corrected chi connectivity index (χ4v) is 3.22. The van der Waals surface area contributed by atoms with Crippen molar-refractivity contribution in [3.63, 3.8) is 0 Å². The van der Waals surface area contributed by atoms with E-state index >= 15 is 0 Å². The van der Waals surface area contributed by atoms with Gasteiger partial charge in [-0.05, 0) is 6.42 Å². The predicted octanol–water partition coefficient (Wildman–Crippen LogP) is 1.57. The van der Waals surface area contributed by atoms with Crippen molar-refractivity contribution in [2.24, 2.45) is 0 Å². The molecule has 0 aromatic rings. The number of rotatable bonds is 16. The van der Waals surface area contributed by atoms with Crippen LogP contribution in [0.2, 0.25) is 0 Å². The molecule has 0 heterocycles. The van der Waals surface area contributed by atoms with E-state index in [-0.39, 0.29) is 48.3 Å². The molecule has 0 rings (SSSR count). The Morgan fingerprint density at radius 1 is 0.875 bits per heavy atom. The first kappa shape index (κ1) is 26.6. The van der Waals surface area contributed by atoms with Crippen LogP contribution in [0.4, 0.5) is 0 Å². The van der Waals surface area contributed by atoms with E-state index in [1.807, 2.05) is 0 Å². The fourth-order valence-electron chi connectivity index (χ4n) is 2.36. The Bertz CT molecular complexity index is 388. The molecule has 5 nitrogen and oxygen atoms in total. The van der Waals surface area contributed by atoms with Crippen molar-refractivity contribution in [2.45, 2.75) is 84.0 Å². The zero-order valence-electron chi connectivity index (χ0n) is 15.9. The van der Waals surface area contributed by atoms with Gasteiger partial charge in [0.15, 0.2) is 0 Å². The maximum Gasteiger partial charge on any atom is 1.00 e. The van der Waals surface area contributed by atoms with Gasteiger partial charge in [0.2, 0.25) is 0 Å². The minimum atomic E-state index is -3.75. The second-order valence-electron chi connectivity index (χ2n) is 6.04. The quantitative estimate of drug-likeness (QED) is 0.234. The first-order valence-corrected chi connectivity index (χ1v) is 10.6. The average molecular weight is 372 g/mol. The minimum Gasteiger partial charge on any atom is -0.664 e. The van der Waals surface area contributed by atoms with Gasteiger partial charge in [-0.25, -0.2) is 0 Å². The molecule has 0 radical (unpaired) electrons. The third-order valence-corrected chi connectivity index (χ3v) is 4.89. The molecule has 24 heavy (non-hydrogen) atoms. The van der Waals surface area contributed by atoms with E-state index in [9.17, 15) is 13.2 Å². The molecule has 0 amide bonds. The molecule has 7 heteroatoms. The minimum absolute atomic E-state index is 0. The van der Waals surface area contributed by atoms with Crippen molar-refractivity contribution in [3.05, 3.63) is 5.32 Å². The van der Waals surface area contributed by atoms with Crippen molar-refractivity contribution >= 4 is 16.1 Å². The summed E-state index contributed by atoms with van der Waals surface area (Å²) in [7, 11) is -2.22. The summed E-state index contributed by atoms with van der Waals surface area (Å²) >= 11 is 0. The van der Waals surface area contributed by atoms with Crippen LogP contribution in [0.15, 0.2) is 0 Å². The van der Waals surface area contributed by atoms with E-state index in [0.717, 1.165) is 12.8 Å². The molecule has 0 aliphatic carbocycles. The van der Waals surface area contributed by atoms with Gasteiger partial charge in [0.25, 0.3) is 0 Å². The summed E-state index contributed by atoms with van der Waals surface area (Å²) in [5.74, 6) is -0.870. The number of hydrogen-bond donors (Lipinski definition) is 0. The van der Waals surface area contributed by atoms with Gasteiger partial charge in [-0.1, -0.05) is 71.1 Å². The Morgan fingerprint density at radius 2 is 1.33 bits per heavy atom. The van der Waals surface area contributed by atoms with Crippen molar-refractivity contribution in [3.8, 4) is 0 Å². The van der Waals surface area contributed by atoms with Crippen molar-refractivity contribution in [1.82, 2.24) is 0 Å². The van der Waals surface area contributed by atoms with Crippen molar-refractivity contribution in [2.75, 3.05) is 19.3 Å². The number of nitrogens with zero attached hydrogens (tertiary/aromatic N) is 1. The topological polar surface area (TPSA) is 74.5 Å². The van der Waals surface area contributed by atoms with Crippen LogP contribution >= 0.6 is 0 Å². The van der Waals surface area contributed by atoms with Crippen LogP contribution in [0.1, 0.15) is 84.0 Å². The second-order valence-corrected chi connectivity index (χ2v) is 7.73. The van der Waals surface area contributed by atoms with Crippen molar-refractivity contribution in [1.29, 1.82) is 0 Å². The molecule has 0 fully saturated rings. The largest absolute Gasteiger partial charge is 1.00 e. The van der Waals surface area contributed by atoms with Gasteiger partial charge in [-0.2, -0.15) is 15.5 Å². The molecule has 0 aliphatic heterocycles. The van der Waals surface area contributed by atoms with Crippen LogP contribution < -0.4 is 29.6 Å². The van der Waals surface area contributed by atoms with Gasteiger partial charge in [-0.3, -0.25) is 4.79 Å². The van der Waals surface area contributed by atoms with E-state index in [1.54, 1.807) is 0 Å². The molecule has 0 aliphatic rings. The van der Waals surface area contributed by atoms with E-state index < -0.39 is 16.1 Å². The molecular formula is C17H34NNaO4S. The molecule has 0 aromatic carbocycles. The molecule has 0 spiro atoms. The predicted molar refractivity (Wildman–Crippen MR) is 95.1 cm³/mol. The molecule has 0 unspecified atom stereocenters. The normalized spacial score (nSPS) is 11.1. The van der Waals surface area contributed by atoms with E-state index in [0.29, 0.717) is 6.42 Å². The fraction of sp³-hybridized carbons (Fsp3) is 0.941. The maximum absolute atomic E-state index is 11.5. The standard InChI is InChI=1S/C17H34NO4S.Na/c1-3-4-5-6-7-8-9-10-11-12-13-14-17(19)22-23(20,21)16-15-18-2;/h3-16H2,1-2H3;/q-1;+1. The van der Waals surface area contributed by atoms with E-state index in [4.69, 9.17) is 0 Å². The second kappa shape index (κ2) is 18.2. The molecule has 0 saturated heterocycles. The van der Waals surface area contributed by atoms with Crippen LogP contribution in [0.25, 0.3) is 5.32 Å². The summed E-state index contributed by atoms with van der Waals surface area (Å²) in [5, 5.41) is 3.69. The Hall–Kier alpha value is 0.380. The van der Waals surface area contributed by atoms with Crippen LogP contribution in [-0.4, -0.2) is 33.7 Å². The van der Waals surface area contributed by atoms with Crippen LogP contribution in [0, 0.1) is 0 Å². The molecule has 138 valence electrons.